The van der Waals surface area contributed by atoms with E-state index >= 15 is 0 Å². The van der Waals surface area contributed by atoms with E-state index in [1.807, 2.05) is 0 Å². The number of ether oxygens (including phenoxy) is 1. The fourth-order valence-corrected chi connectivity index (χ4v) is 12.4. The molecule has 0 N–H and O–H groups in total. The van der Waals surface area contributed by atoms with Gasteiger partial charge in [0.1, 0.15) is 5.52 Å². The number of methoxy groups -OCH3 is 1. The number of aromatic nitrogens is 2. The number of rotatable bonds is 7. The molecule has 0 fully saturated rings. The molecule has 352 valence electrons. The number of benzene rings is 11. The Kier molecular flexibility index (Phi) is 9.81. The van der Waals surface area contributed by atoms with Gasteiger partial charge in [0.25, 0.3) is 0 Å². The van der Waals surface area contributed by atoms with Crippen LogP contribution in [0.3, 0.4) is 0 Å². The Balaban J connectivity index is 0.825. The van der Waals surface area contributed by atoms with Crippen LogP contribution in [-0.4, -0.2) is 17.1 Å². The Morgan fingerprint density at radius 2 is 0.635 bits per heavy atom. The molecule has 1 aromatic heterocycles. The van der Waals surface area contributed by atoms with Crippen molar-refractivity contribution >= 4 is 32.6 Å². The van der Waals surface area contributed by atoms with E-state index in [-0.39, 0.29) is 10.8 Å². The summed E-state index contributed by atoms with van der Waals surface area (Å²) in [5, 5.41) is 4.34. The summed E-state index contributed by atoms with van der Waals surface area (Å²) in [5.41, 5.74) is 26.7. The summed E-state index contributed by atoms with van der Waals surface area (Å²) in [6.07, 6.45) is 1.72. The van der Waals surface area contributed by atoms with Gasteiger partial charge < -0.3 is 4.74 Å². The summed E-state index contributed by atoms with van der Waals surface area (Å²) in [6.45, 7) is 9.39. The molecule has 2 aliphatic rings. The molecule has 0 unspecified atom stereocenters. The largest absolute Gasteiger partial charge is 0.480 e. The van der Waals surface area contributed by atoms with Crippen LogP contribution >= 0.6 is 0 Å². The van der Waals surface area contributed by atoms with Crippen molar-refractivity contribution in [3.05, 3.63) is 247 Å². The Labute approximate surface area is 432 Å². The molecule has 0 saturated heterocycles. The summed E-state index contributed by atoms with van der Waals surface area (Å²) in [5.74, 6) is 0.494. The monoisotopic (exact) mass is 948 g/mol. The maximum Gasteiger partial charge on any atom is 0.232 e. The summed E-state index contributed by atoms with van der Waals surface area (Å²) in [6, 6.07) is 81.1. The molecular formula is C71H52N2O. The molecule has 3 heteroatoms. The van der Waals surface area contributed by atoms with Gasteiger partial charge in [-0.25, -0.2) is 9.97 Å². The van der Waals surface area contributed by atoms with Crippen LogP contribution in [0, 0.1) is 0 Å². The van der Waals surface area contributed by atoms with Crippen LogP contribution in [0.5, 0.6) is 5.88 Å². The van der Waals surface area contributed by atoms with Crippen molar-refractivity contribution in [1.82, 2.24) is 9.97 Å². The highest BCUT2D eigenvalue weighted by Crippen LogP contribution is 2.51. The van der Waals surface area contributed by atoms with Crippen molar-refractivity contribution in [1.29, 1.82) is 0 Å². The highest BCUT2D eigenvalue weighted by Gasteiger charge is 2.36. The molecule has 0 amide bonds. The number of hydrogen-bond donors (Lipinski definition) is 0. The third-order valence-electron chi connectivity index (χ3n) is 16.4. The van der Waals surface area contributed by atoms with E-state index in [0.717, 1.165) is 54.8 Å². The molecule has 0 radical (unpaired) electrons. The quantitative estimate of drug-likeness (QED) is 0.149. The lowest BCUT2D eigenvalue weighted by Gasteiger charge is -2.22. The number of nitrogens with zero attached hydrogens (tertiary/aromatic N) is 2. The lowest BCUT2D eigenvalue weighted by Crippen LogP contribution is -2.14. The lowest BCUT2D eigenvalue weighted by molar-refractivity contribution is 0.398. The van der Waals surface area contributed by atoms with Gasteiger partial charge in [-0.1, -0.05) is 198 Å². The van der Waals surface area contributed by atoms with Gasteiger partial charge in [0.2, 0.25) is 5.88 Å². The first-order valence-electron chi connectivity index (χ1n) is 25.7. The van der Waals surface area contributed by atoms with E-state index in [2.05, 4.69) is 246 Å². The minimum atomic E-state index is -0.0547. The highest BCUT2D eigenvalue weighted by atomic mass is 16.5. The lowest BCUT2D eigenvalue weighted by atomic mass is 9.81. The van der Waals surface area contributed by atoms with Gasteiger partial charge in [0.15, 0.2) is 0 Å². The van der Waals surface area contributed by atoms with Gasteiger partial charge in [-0.2, -0.15) is 0 Å². The van der Waals surface area contributed by atoms with Crippen molar-refractivity contribution in [3.63, 3.8) is 0 Å². The van der Waals surface area contributed by atoms with Crippen LogP contribution in [0.15, 0.2) is 225 Å². The van der Waals surface area contributed by atoms with Crippen molar-refractivity contribution in [3.8, 4) is 94.9 Å². The van der Waals surface area contributed by atoms with E-state index in [0.29, 0.717) is 5.88 Å². The molecule has 1 heterocycles. The molecule has 74 heavy (non-hydrogen) atoms. The Bertz CT molecular complexity index is 4310. The van der Waals surface area contributed by atoms with E-state index in [4.69, 9.17) is 14.7 Å². The number of fused-ring (bicyclic) bond motifs is 12. The van der Waals surface area contributed by atoms with E-state index in [9.17, 15) is 0 Å². The van der Waals surface area contributed by atoms with Gasteiger partial charge >= 0.3 is 0 Å². The van der Waals surface area contributed by atoms with Crippen LogP contribution in [0.2, 0.25) is 0 Å². The minimum absolute atomic E-state index is 0.0539. The van der Waals surface area contributed by atoms with Gasteiger partial charge in [-0.3, -0.25) is 0 Å². The molecule has 0 atom stereocenters. The Morgan fingerprint density at radius 3 is 1.04 bits per heavy atom. The Hall–Kier alpha value is -8.92. The van der Waals surface area contributed by atoms with Crippen molar-refractivity contribution < 1.29 is 4.74 Å². The zero-order valence-corrected chi connectivity index (χ0v) is 42.2. The average molecular weight is 949 g/mol. The molecule has 0 bridgehead atoms. The smallest absolute Gasteiger partial charge is 0.232 e. The normalized spacial score (nSPS) is 13.7. The van der Waals surface area contributed by atoms with Gasteiger partial charge in [0, 0.05) is 21.6 Å². The fourth-order valence-electron chi connectivity index (χ4n) is 12.4. The summed E-state index contributed by atoms with van der Waals surface area (Å²) in [7, 11) is 1.65. The summed E-state index contributed by atoms with van der Waals surface area (Å²) >= 11 is 0. The van der Waals surface area contributed by atoms with Gasteiger partial charge in [-0.15, -0.1) is 0 Å². The van der Waals surface area contributed by atoms with Gasteiger partial charge in [0.05, 0.1) is 18.8 Å². The van der Waals surface area contributed by atoms with Crippen LogP contribution in [0.1, 0.15) is 49.9 Å². The molecule has 12 aromatic rings. The predicted octanol–water partition coefficient (Wildman–Crippen LogP) is 18.6. The molecule has 0 spiro atoms. The molecule has 0 aliphatic heterocycles. The molecule has 11 aromatic carbocycles. The SMILES string of the molecule is COc1cnc2c3ccc(-c4cccc(-c5cccc(-c6ccc7c(c6)C(C)(C)c6ccccc6-7)c5)c4)cc3c3cc(-c4cccc(-c5cccc(-c6ccc7c(c6)C(C)(C)c6ccccc6-7)c5)c4)ccc3c2n1. The zero-order valence-electron chi connectivity index (χ0n) is 42.2. The topological polar surface area (TPSA) is 35.0 Å². The third-order valence-corrected chi connectivity index (χ3v) is 16.4. The van der Waals surface area contributed by atoms with Crippen LogP contribution in [0.25, 0.3) is 122 Å². The van der Waals surface area contributed by atoms with Crippen LogP contribution in [0.4, 0.5) is 0 Å². The van der Waals surface area contributed by atoms with Crippen LogP contribution < -0.4 is 4.74 Å². The van der Waals surface area contributed by atoms with Crippen molar-refractivity contribution in [2.45, 2.75) is 38.5 Å². The van der Waals surface area contributed by atoms with E-state index in [1.165, 1.54) is 89.0 Å². The molecule has 0 saturated carbocycles. The van der Waals surface area contributed by atoms with Crippen molar-refractivity contribution in [2.24, 2.45) is 0 Å². The first kappa shape index (κ1) is 43.8. The predicted molar refractivity (Wildman–Crippen MR) is 309 cm³/mol. The standard InChI is InChI=1S/C71H52N2O/c1-70(2)63-24-8-6-22-55(63)57-30-26-53(40-65(57)70)49-20-12-16-45(36-49)43-14-10-18-47(34-43)51-28-32-59-61(38-51)62-39-52(29-33-60(62)69-68(59)72-42-67(73-69)74-5)48-19-11-15-44(35-48)46-17-13-21-50(37-46)54-27-31-58-56-23-7-9-25-64(56)71(3,4)66(58)41-54/h6-42H,1-5H3. The van der Waals surface area contributed by atoms with Gasteiger partial charge in [-0.05, 0) is 171 Å². The third kappa shape index (κ3) is 6.87. The van der Waals surface area contributed by atoms with Crippen LogP contribution in [-0.2, 0) is 10.8 Å². The second-order valence-corrected chi connectivity index (χ2v) is 21.3. The van der Waals surface area contributed by atoms with Crippen molar-refractivity contribution in [2.75, 3.05) is 7.11 Å². The first-order chi connectivity index (χ1) is 36.1. The fraction of sp³-hybridized carbons (Fsp3) is 0.0986. The summed E-state index contributed by atoms with van der Waals surface area (Å²) in [4.78, 5) is 9.96. The summed E-state index contributed by atoms with van der Waals surface area (Å²) < 4.78 is 5.63. The maximum absolute atomic E-state index is 5.63. The van der Waals surface area contributed by atoms with E-state index in [1.54, 1.807) is 13.3 Å². The minimum Gasteiger partial charge on any atom is -0.480 e. The second-order valence-electron chi connectivity index (χ2n) is 21.3. The van der Waals surface area contributed by atoms with E-state index < -0.39 is 0 Å². The molecule has 3 nitrogen and oxygen atoms in total. The molecule has 2 aliphatic carbocycles. The first-order valence-corrected chi connectivity index (χ1v) is 25.7. The zero-order chi connectivity index (χ0) is 49.9. The maximum atomic E-state index is 5.63. The second kappa shape index (κ2) is 16.6. The number of hydrogen-bond acceptors (Lipinski definition) is 3. The molecule has 14 rings (SSSR count). The Morgan fingerprint density at radius 1 is 0.297 bits per heavy atom. The highest BCUT2D eigenvalue weighted by molar-refractivity contribution is 6.24. The average Bonchev–Trinajstić information content (AvgIpc) is 3.89. The molecular weight excluding hydrogens is 897 g/mol.